The first-order chi connectivity index (χ1) is 10.1. The summed E-state index contributed by atoms with van der Waals surface area (Å²) in [6.07, 6.45) is 0. The zero-order valence-corrected chi connectivity index (χ0v) is 13.8. The number of hydrogen-bond donors (Lipinski definition) is 1. The molecule has 0 radical (unpaired) electrons. The van der Waals surface area contributed by atoms with E-state index in [1.807, 2.05) is 13.8 Å². The summed E-state index contributed by atoms with van der Waals surface area (Å²) < 4.78 is 10.7. The number of benzene rings is 1. The van der Waals surface area contributed by atoms with Crippen LogP contribution in [-0.2, 0) is 11.3 Å². The summed E-state index contributed by atoms with van der Waals surface area (Å²) in [5.74, 6) is 0.879. The van der Waals surface area contributed by atoms with E-state index >= 15 is 0 Å². The van der Waals surface area contributed by atoms with Gasteiger partial charge in [-0.05, 0) is 44.2 Å². The highest BCUT2D eigenvalue weighted by Gasteiger charge is 2.10. The van der Waals surface area contributed by atoms with E-state index in [4.69, 9.17) is 9.15 Å². The van der Waals surface area contributed by atoms with Gasteiger partial charge in [0.25, 0.3) is 5.22 Å². The molecule has 21 heavy (non-hydrogen) atoms. The molecular weight excluding hydrogens is 284 g/mol. The highest BCUT2D eigenvalue weighted by atomic mass is 32.2. The van der Waals surface area contributed by atoms with Crippen LogP contribution in [0.5, 0.6) is 0 Å². The maximum atomic E-state index is 5.66. The highest BCUT2D eigenvalue weighted by molar-refractivity contribution is 7.99. The first-order valence-electron chi connectivity index (χ1n) is 7.01. The van der Waals surface area contributed by atoms with Crippen molar-refractivity contribution in [1.82, 2.24) is 10.3 Å². The van der Waals surface area contributed by atoms with Crippen molar-refractivity contribution in [3.63, 3.8) is 0 Å². The van der Waals surface area contributed by atoms with Gasteiger partial charge in [-0.2, -0.15) is 0 Å². The van der Waals surface area contributed by atoms with Crippen LogP contribution in [0, 0.1) is 20.8 Å². The Kier molecular flexibility index (Phi) is 5.85. The average molecular weight is 306 g/mol. The van der Waals surface area contributed by atoms with E-state index in [0.717, 1.165) is 24.5 Å². The van der Waals surface area contributed by atoms with Gasteiger partial charge in [-0.3, -0.25) is 0 Å². The van der Waals surface area contributed by atoms with Crippen LogP contribution in [0.2, 0.25) is 0 Å². The predicted molar refractivity (Wildman–Crippen MR) is 84.9 cm³/mol. The normalized spacial score (nSPS) is 11.0. The topological polar surface area (TPSA) is 47.3 Å². The molecule has 0 fully saturated rings. The lowest BCUT2D eigenvalue weighted by Gasteiger charge is -2.10. The van der Waals surface area contributed by atoms with Gasteiger partial charge in [0.05, 0.1) is 12.3 Å². The van der Waals surface area contributed by atoms with Crippen LogP contribution in [-0.4, -0.2) is 25.2 Å². The maximum absolute atomic E-state index is 5.66. The Balaban J connectivity index is 2.10. The molecule has 1 aromatic heterocycles. The zero-order valence-electron chi connectivity index (χ0n) is 13.0. The molecule has 114 valence electrons. The fourth-order valence-electron chi connectivity index (χ4n) is 1.92. The monoisotopic (exact) mass is 306 g/mol. The molecule has 0 bridgehead atoms. The largest absolute Gasteiger partial charge is 0.436 e. The Bertz CT molecular complexity index is 576. The van der Waals surface area contributed by atoms with E-state index in [-0.39, 0.29) is 0 Å². The molecule has 0 aliphatic rings. The van der Waals surface area contributed by atoms with Crippen LogP contribution < -0.4 is 5.32 Å². The van der Waals surface area contributed by atoms with Crippen molar-refractivity contribution in [2.75, 3.05) is 20.3 Å². The van der Waals surface area contributed by atoms with E-state index in [1.165, 1.54) is 16.0 Å². The zero-order chi connectivity index (χ0) is 15.2. The predicted octanol–water partition coefficient (Wildman–Crippen LogP) is 3.49. The second-order valence-electron chi connectivity index (χ2n) is 5.00. The Morgan fingerprint density at radius 2 is 2.10 bits per heavy atom. The minimum Gasteiger partial charge on any atom is -0.436 e. The smallest absolute Gasteiger partial charge is 0.261 e. The number of ether oxygens (including phenoxy) is 1. The second kappa shape index (κ2) is 7.64. The van der Waals surface area contributed by atoms with E-state index in [1.54, 1.807) is 18.9 Å². The molecule has 2 aromatic rings. The molecule has 1 N–H and O–H groups in total. The minimum atomic E-state index is 0.701. The summed E-state index contributed by atoms with van der Waals surface area (Å²) in [6.45, 7) is 8.37. The molecule has 5 heteroatoms. The molecule has 0 saturated heterocycles. The average Bonchev–Trinajstić information content (AvgIpc) is 2.76. The van der Waals surface area contributed by atoms with Crippen LogP contribution in [0.25, 0.3) is 0 Å². The van der Waals surface area contributed by atoms with Crippen LogP contribution in [0.3, 0.4) is 0 Å². The number of aromatic nitrogens is 1. The van der Waals surface area contributed by atoms with Crippen LogP contribution >= 0.6 is 11.8 Å². The minimum absolute atomic E-state index is 0.701. The number of rotatable bonds is 7. The molecule has 0 aliphatic carbocycles. The number of oxazole rings is 1. The molecule has 0 aliphatic heterocycles. The molecule has 1 heterocycles. The van der Waals surface area contributed by atoms with Gasteiger partial charge in [-0.25, -0.2) is 4.98 Å². The SMILES string of the molecule is COCCNCc1cc(C)ccc1Sc1nc(C)c(C)o1. The first-order valence-corrected chi connectivity index (χ1v) is 7.83. The molecule has 0 spiro atoms. The number of methoxy groups -OCH3 is 1. The van der Waals surface area contributed by atoms with Crippen molar-refractivity contribution < 1.29 is 9.15 Å². The van der Waals surface area contributed by atoms with Gasteiger partial charge in [0.1, 0.15) is 5.76 Å². The van der Waals surface area contributed by atoms with E-state index in [2.05, 4.69) is 35.4 Å². The summed E-state index contributed by atoms with van der Waals surface area (Å²) in [6, 6.07) is 6.44. The van der Waals surface area contributed by atoms with Crippen LogP contribution in [0.1, 0.15) is 22.6 Å². The van der Waals surface area contributed by atoms with Gasteiger partial charge < -0.3 is 14.5 Å². The number of nitrogens with zero attached hydrogens (tertiary/aromatic N) is 1. The van der Waals surface area contributed by atoms with Crippen molar-refractivity contribution in [2.24, 2.45) is 0 Å². The molecule has 0 unspecified atom stereocenters. The quantitative estimate of drug-likeness (QED) is 0.794. The lowest BCUT2D eigenvalue weighted by molar-refractivity contribution is 0.199. The van der Waals surface area contributed by atoms with E-state index < -0.39 is 0 Å². The summed E-state index contributed by atoms with van der Waals surface area (Å²) >= 11 is 1.57. The van der Waals surface area contributed by atoms with Gasteiger partial charge in [0, 0.05) is 25.1 Å². The fraction of sp³-hybridized carbons (Fsp3) is 0.438. The lowest BCUT2D eigenvalue weighted by Crippen LogP contribution is -2.19. The first kappa shape index (κ1) is 16.1. The van der Waals surface area contributed by atoms with Gasteiger partial charge in [0.15, 0.2) is 0 Å². The number of hydrogen-bond acceptors (Lipinski definition) is 5. The third-order valence-corrected chi connectivity index (χ3v) is 4.19. The second-order valence-corrected chi connectivity index (χ2v) is 6.00. The van der Waals surface area contributed by atoms with Gasteiger partial charge in [-0.1, -0.05) is 17.7 Å². The Morgan fingerprint density at radius 1 is 1.29 bits per heavy atom. The number of aryl methyl sites for hydroxylation is 3. The fourth-order valence-corrected chi connectivity index (χ4v) is 2.86. The van der Waals surface area contributed by atoms with E-state index in [9.17, 15) is 0 Å². The third-order valence-electron chi connectivity index (χ3n) is 3.22. The summed E-state index contributed by atoms with van der Waals surface area (Å²) in [4.78, 5) is 5.61. The number of nitrogens with one attached hydrogen (secondary N) is 1. The van der Waals surface area contributed by atoms with Crippen LogP contribution in [0.4, 0.5) is 0 Å². The van der Waals surface area contributed by atoms with Crippen molar-refractivity contribution in [2.45, 2.75) is 37.4 Å². The Morgan fingerprint density at radius 3 is 2.76 bits per heavy atom. The molecule has 4 nitrogen and oxygen atoms in total. The third kappa shape index (κ3) is 4.59. The van der Waals surface area contributed by atoms with Crippen molar-refractivity contribution in [3.05, 3.63) is 40.8 Å². The maximum Gasteiger partial charge on any atom is 0.261 e. The van der Waals surface area contributed by atoms with Crippen molar-refractivity contribution in [1.29, 1.82) is 0 Å². The molecular formula is C16H22N2O2S. The molecule has 0 amide bonds. The van der Waals surface area contributed by atoms with Crippen LogP contribution in [0.15, 0.2) is 32.7 Å². The van der Waals surface area contributed by atoms with E-state index in [0.29, 0.717) is 11.8 Å². The molecule has 0 saturated carbocycles. The van der Waals surface area contributed by atoms with Gasteiger partial charge in [-0.15, -0.1) is 0 Å². The lowest BCUT2D eigenvalue weighted by atomic mass is 10.1. The molecule has 0 atom stereocenters. The molecule has 1 aromatic carbocycles. The summed E-state index contributed by atoms with van der Waals surface area (Å²) in [5, 5.41) is 4.08. The highest BCUT2D eigenvalue weighted by Crippen LogP contribution is 2.31. The Labute approximate surface area is 130 Å². The summed E-state index contributed by atoms with van der Waals surface area (Å²) in [5.41, 5.74) is 3.46. The molecule has 2 rings (SSSR count). The Hall–Kier alpha value is -1.30. The van der Waals surface area contributed by atoms with Gasteiger partial charge in [0.2, 0.25) is 0 Å². The summed E-state index contributed by atoms with van der Waals surface area (Å²) in [7, 11) is 1.71. The standard InChI is InChI=1S/C16H22N2O2S/c1-11-5-6-15(14(9-11)10-17-7-8-19-4)21-16-18-12(2)13(3)20-16/h5-6,9,17H,7-8,10H2,1-4H3. The van der Waals surface area contributed by atoms with Crippen molar-refractivity contribution >= 4 is 11.8 Å². The van der Waals surface area contributed by atoms with Gasteiger partial charge >= 0.3 is 0 Å². The van der Waals surface area contributed by atoms with Crippen molar-refractivity contribution in [3.8, 4) is 0 Å².